The van der Waals surface area contributed by atoms with Gasteiger partial charge in [-0.05, 0) is 19.1 Å². The largest absolute Gasteiger partial charge is 0.493 e. The third-order valence-corrected chi connectivity index (χ3v) is 3.40. The van der Waals surface area contributed by atoms with Crippen molar-refractivity contribution in [3.05, 3.63) is 40.3 Å². The quantitative estimate of drug-likeness (QED) is 0.654. The lowest BCUT2D eigenvalue weighted by Gasteiger charge is -2.06. The van der Waals surface area contributed by atoms with E-state index in [0.717, 1.165) is 10.7 Å². The Labute approximate surface area is 121 Å². The van der Waals surface area contributed by atoms with Crippen LogP contribution in [0.15, 0.2) is 29.6 Å². The van der Waals surface area contributed by atoms with E-state index in [9.17, 15) is 4.79 Å². The van der Waals surface area contributed by atoms with Crippen LogP contribution >= 0.6 is 11.3 Å². The fraction of sp³-hybridized carbons (Fsp3) is 0.286. The highest BCUT2D eigenvalue weighted by molar-refractivity contribution is 7.09. The van der Waals surface area contributed by atoms with E-state index in [2.05, 4.69) is 4.98 Å². The zero-order chi connectivity index (χ0) is 14.4. The summed E-state index contributed by atoms with van der Waals surface area (Å²) in [5.41, 5.74) is 7.19. The zero-order valence-corrected chi connectivity index (χ0v) is 12.0. The number of ether oxygens (including phenoxy) is 2. The summed E-state index contributed by atoms with van der Waals surface area (Å²) in [6, 6.07) is 7.08. The molecule has 0 aliphatic carbocycles. The molecule has 2 N–H and O–H groups in total. The third kappa shape index (κ3) is 4.55. The molecule has 106 valence electrons. The molecular weight excluding hydrogens is 276 g/mol. The van der Waals surface area contributed by atoms with Gasteiger partial charge in [0.1, 0.15) is 17.4 Å². The number of carbonyl (C=O) groups excluding carboxylic acids is 1. The first-order chi connectivity index (χ1) is 9.63. The van der Waals surface area contributed by atoms with Crippen LogP contribution in [-0.2, 0) is 16.1 Å². The minimum atomic E-state index is -0.304. The van der Waals surface area contributed by atoms with Gasteiger partial charge in [0, 0.05) is 22.8 Å². The second-order valence-electron chi connectivity index (χ2n) is 4.21. The molecule has 1 aromatic carbocycles. The summed E-state index contributed by atoms with van der Waals surface area (Å²) in [6.45, 7) is 2.38. The maximum atomic E-state index is 11.5. The summed E-state index contributed by atoms with van der Waals surface area (Å²) in [4.78, 5) is 15.7. The summed E-state index contributed by atoms with van der Waals surface area (Å²) >= 11 is 1.48. The van der Waals surface area contributed by atoms with E-state index in [0.29, 0.717) is 11.4 Å². The van der Waals surface area contributed by atoms with Gasteiger partial charge in [0.2, 0.25) is 0 Å². The van der Waals surface area contributed by atoms with Crippen LogP contribution in [0.4, 0.5) is 5.69 Å². The Morgan fingerprint density at radius 1 is 1.45 bits per heavy atom. The van der Waals surface area contributed by atoms with Crippen LogP contribution in [0.2, 0.25) is 0 Å². The number of esters is 1. The number of hydrogen-bond acceptors (Lipinski definition) is 6. The molecule has 20 heavy (non-hydrogen) atoms. The van der Waals surface area contributed by atoms with Gasteiger partial charge in [0.25, 0.3) is 0 Å². The number of nitrogens with zero attached hydrogens (tertiary/aromatic N) is 1. The van der Waals surface area contributed by atoms with Crippen molar-refractivity contribution in [3.8, 4) is 5.75 Å². The summed E-state index contributed by atoms with van der Waals surface area (Å²) < 4.78 is 10.5. The van der Waals surface area contributed by atoms with E-state index < -0.39 is 0 Å². The van der Waals surface area contributed by atoms with Crippen molar-refractivity contribution < 1.29 is 14.3 Å². The predicted octanol–water partition coefficient (Wildman–Crippen LogP) is 2.55. The van der Waals surface area contributed by atoms with Crippen molar-refractivity contribution in [3.63, 3.8) is 0 Å². The number of thiazole rings is 1. The number of aromatic nitrogens is 1. The summed E-state index contributed by atoms with van der Waals surface area (Å²) in [7, 11) is 0. The van der Waals surface area contributed by atoms with Crippen LogP contribution in [0, 0.1) is 6.92 Å². The van der Waals surface area contributed by atoms with E-state index >= 15 is 0 Å². The maximum absolute atomic E-state index is 11.5. The number of nitrogen functional groups attached to an aromatic ring is 1. The molecule has 0 atom stereocenters. The molecule has 0 radical (unpaired) electrons. The lowest BCUT2D eigenvalue weighted by Crippen LogP contribution is -2.10. The molecule has 6 heteroatoms. The molecule has 0 fully saturated rings. The van der Waals surface area contributed by atoms with Crippen LogP contribution in [0.25, 0.3) is 0 Å². The summed E-state index contributed by atoms with van der Waals surface area (Å²) in [5, 5.41) is 2.72. The lowest BCUT2D eigenvalue weighted by molar-refractivity contribution is -0.145. The zero-order valence-electron chi connectivity index (χ0n) is 11.2. The molecule has 1 aromatic heterocycles. The van der Waals surface area contributed by atoms with Gasteiger partial charge in [0.15, 0.2) is 0 Å². The Hall–Kier alpha value is -2.08. The van der Waals surface area contributed by atoms with Crippen molar-refractivity contribution in [2.75, 3.05) is 12.3 Å². The predicted molar refractivity (Wildman–Crippen MR) is 77.6 cm³/mol. The number of carbonyl (C=O) groups is 1. The number of nitrogens with two attached hydrogens (primary N) is 1. The van der Waals surface area contributed by atoms with E-state index in [-0.39, 0.29) is 25.6 Å². The van der Waals surface area contributed by atoms with Gasteiger partial charge in [0.05, 0.1) is 13.0 Å². The highest BCUT2D eigenvalue weighted by Gasteiger charge is 2.06. The van der Waals surface area contributed by atoms with E-state index in [1.165, 1.54) is 11.3 Å². The summed E-state index contributed by atoms with van der Waals surface area (Å²) in [5.74, 6) is 0.343. The number of rotatable bonds is 6. The van der Waals surface area contributed by atoms with Gasteiger partial charge in [-0.2, -0.15) is 0 Å². The van der Waals surface area contributed by atoms with Crippen molar-refractivity contribution in [2.24, 2.45) is 0 Å². The van der Waals surface area contributed by atoms with Crippen LogP contribution in [0.5, 0.6) is 5.75 Å². The average molecular weight is 292 g/mol. The molecule has 2 rings (SSSR count). The first kappa shape index (κ1) is 14.3. The van der Waals surface area contributed by atoms with Gasteiger partial charge in [-0.25, -0.2) is 4.98 Å². The first-order valence-corrected chi connectivity index (χ1v) is 7.06. The Kier molecular flexibility index (Phi) is 4.95. The molecule has 0 bridgehead atoms. The fourth-order valence-corrected chi connectivity index (χ4v) is 2.22. The Morgan fingerprint density at radius 2 is 2.30 bits per heavy atom. The molecule has 0 aliphatic heterocycles. The van der Waals surface area contributed by atoms with Crippen LogP contribution in [-0.4, -0.2) is 17.6 Å². The minimum absolute atomic E-state index is 0.194. The topological polar surface area (TPSA) is 74.4 Å². The molecule has 0 aliphatic rings. The number of anilines is 1. The number of aryl methyl sites for hydroxylation is 1. The third-order valence-electron chi connectivity index (χ3n) is 2.46. The smallest absolute Gasteiger partial charge is 0.309 e. The molecule has 0 unspecified atom stereocenters. The fourth-order valence-electron chi connectivity index (χ4n) is 1.54. The van der Waals surface area contributed by atoms with E-state index in [1.807, 2.05) is 12.3 Å². The van der Waals surface area contributed by atoms with Crippen LogP contribution < -0.4 is 10.5 Å². The first-order valence-electron chi connectivity index (χ1n) is 6.18. The van der Waals surface area contributed by atoms with Crippen molar-refractivity contribution in [1.29, 1.82) is 0 Å². The van der Waals surface area contributed by atoms with Gasteiger partial charge < -0.3 is 15.2 Å². The van der Waals surface area contributed by atoms with Crippen molar-refractivity contribution >= 4 is 23.0 Å². The second kappa shape index (κ2) is 6.91. The number of hydrogen-bond donors (Lipinski definition) is 1. The van der Waals surface area contributed by atoms with Crippen LogP contribution in [0.3, 0.4) is 0 Å². The minimum Gasteiger partial charge on any atom is -0.493 e. The molecule has 0 saturated heterocycles. The van der Waals surface area contributed by atoms with Gasteiger partial charge >= 0.3 is 5.97 Å². The van der Waals surface area contributed by atoms with Gasteiger partial charge in [-0.15, -0.1) is 11.3 Å². The molecule has 0 spiro atoms. The van der Waals surface area contributed by atoms with Gasteiger partial charge in [-0.3, -0.25) is 4.79 Å². The molecule has 1 heterocycles. The molecule has 5 nitrogen and oxygen atoms in total. The molecule has 2 aromatic rings. The van der Waals surface area contributed by atoms with Crippen LogP contribution in [0.1, 0.15) is 17.1 Å². The highest BCUT2D eigenvalue weighted by Crippen LogP contribution is 2.14. The molecular formula is C14H16N2O3S. The monoisotopic (exact) mass is 292 g/mol. The normalized spacial score (nSPS) is 10.2. The average Bonchev–Trinajstić information content (AvgIpc) is 2.82. The standard InChI is InChI=1S/C14H16N2O3S/c1-10-9-20-13(16-10)8-19-14(17)5-6-18-12-4-2-3-11(15)7-12/h2-4,7,9H,5-6,8,15H2,1H3. The molecule has 0 amide bonds. The number of benzene rings is 1. The SMILES string of the molecule is Cc1csc(COC(=O)CCOc2cccc(N)c2)n1. The Morgan fingerprint density at radius 3 is 3.00 bits per heavy atom. The lowest BCUT2D eigenvalue weighted by atomic mass is 10.3. The Balaban J connectivity index is 1.67. The van der Waals surface area contributed by atoms with Crippen molar-refractivity contribution in [1.82, 2.24) is 4.98 Å². The van der Waals surface area contributed by atoms with E-state index in [1.54, 1.807) is 24.3 Å². The van der Waals surface area contributed by atoms with Crippen molar-refractivity contribution in [2.45, 2.75) is 20.0 Å². The Bertz CT molecular complexity index is 583. The second-order valence-corrected chi connectivity index (χ2v) is 5.16. The maximum Gasteiger partial charge on any atom is 0.309 e. The summed E-state index contributed by atoms with van der Waals surface area (Å²) in [6.07, 6.45) is 0.194. The molecule has 0 saturated carbocycles. The van der Waals surface area contributed by atoms with E-state index in [4.69, 9.17) is 15.2 Å². The van der Waals surface area contributed by atoms with Gasteiger partial charge in [-0.1, -0.05) is 6.07 Å². The highest BCUT2D eigenvalue weighted by atomic mass is 32.1.